The third-order valence-corrected chi connectivity index (χ3v) is 3.83. The molecule has 4 heteroatoms. The fraction of sp³-hybridized carbons (Fsp3) is 0.375. The van der Waals surface area contributed by atoms with E-state index in [1.54, 1.807) is 4.57 Å². The Hall–Kier alpha value is -1.61. The molecule has 1 aliphatic rings. The topological polar surface area (TPSA) is 34.9 Å². The highest BCUT2D eigenvalue weighted by molar-refractivity contribution is 6.29. The molecule has 0 N–H and O–H groups in total. The Morgan fingerprint density at radius 2 is 2.00 bits per heavy atom. The lowest BCUT2D eigenvalue weighted by atomic mass is 10.1. The van der Waals surface area contributed by atoms with Gasteiger partial charge in [-0.2, -0.15) is 0 Å². The third-order valence-electron chi connectivity index (χ3n) is 3.64. The summed E-state index contributed by atoms with van der Waals surface area (Å²) in [6.45, 7) is 0.712. The fourth-order valence-corrected chi connectivity index (χ4v) is 2.64. The average molecular weight is 289 g/mol. The molecule has 0 aliphatic heterocycles. The second kappa shape index (κ2) is 5.80. The molecule has 2 aromatic rings. The van der Waals surface area contributed by atoms with Crippen molar-refractivity contribution >= 4 is 11.6 Å². The number of hydrogen-bond acceptors (Lipinski definition) is 2. The quantitative estimate of drug-likeness (QED) is 0.790. The normalized spacial score (nSPS) is 14.4. The highest BCUT2D eigenvalue weighted by atomic mass is 35.5. The molecule has 0 saturated heterocycles. The standard InChI is InChI=1S/C16H17ClN2O/c17-14-11-15(20)19(16(18-14)13-8-9-13)10-4-7-12-5-2-1-3-6-12/h1-3,5-6,11,13H,4,7-10H2. The van der Waals surface area contributed by atoms with E-state index in [9.17, 15) is 4.79 Å². The van der Waals surface area contributed by atoms with Crippen molar-refractivity contribution in [2.75, 3.05) is 0 Å². The van der Waals surface area contributed by atoms with Gasteiger partial charge in [-0.25, -0.2) is 4.98 Å². The van der Waals surface area contributed by atoms with Gasteiger partial charge >= 0.3 is 0 Å². The summed E-state index contributed by atoms with van der Waals surface area (Å²) < 4.78 is 1.80. The second-order valence-electron chi connectivity index (χ2n) is 5.29. The van der Waals surface area contributed by atoms with Gasteiger partial charge in [0.25, 0.3) is 5.56 Å². The monoisotopic (exact) mass is 288 g/mol. The lowest BCUT2D eigenvalue weighted by Crippen LogP contribution is -2.24. The average Bonchev–Trinajstić information content (AvgIpc) is 3.26. The highest BCUT2D eigenvalue weighted by Crippen LogP contribution is 2.38. The van der Waals surface area contributed by atoms with Gasteiger partial charge in [0.15, 0.2) is 0 Å². The molecule has 1 aliphatic carbocycles. The zero-order chi connectivity index (χ0) is 13.9. The van der Waals surface area contributed by atoms with Crippen LogP contribution in [-0.4, -0.2) is 9.55 Å². The van der Waals surface area contributed by atoms with Crippen molar-refractivity contribution in [1.29, 1.82) is 0 Å². The summed E-state index contributed by atoms with van der Waals surface area (Å²) in [5.41, 5.74) is 1.27. The minimum Gasteiger partial charge on any atom is -0.296 e. The molecule has 3 rings (SSSR count). The maximum atomic E-state index is 12.1. The van der Waals surface area contributed by atoms with Crippen molar-refractivity contribution in [3.05, 3.63) is 63.3 Å². The van der Waals surface area contributed by atoms with Crippen LogP contribution in [0.5, 0.6) is 0 Å². The minimum atomic E-state index is -0.0278. The van der Waals surface area contributed by atoms with Crippen LogP contribution in [0.2, 0.25) is 5.15 Å². The molecular weight excluding hydrogens is 272 g/mol. The molecule has 0 bridgehead atoms. The Balaban J connectivity index is 1.72. The first-order valence-corrected chi connectivity index (χ1v) is 7.43. The van der Waals surface area contributed by atoms with E-state index in [1.165, 1.54) is 11.6 Å². The number of nitrogens with zero attached hydrogens (tertiary/aromatic N) is 2. The maximum absolute atomic E-state index is 12.1. The molecule has 3 nitrogen and oxygen atoms in total. The van der Waals surface area contributed by atoms with Crippen LogP contribution >= 0.6 is 11.6 Å². The van der Waals surface area contributed by atoms with Crippen LogP contribution in [-0.2, 0) is 13.0 Å². The number of aryl methyl sites for hydroxylation is 1. The Labute approximate surface area is 123 Å². The van der Waals surface area contributed by atoms with Gasteiger partial charge in [-0.3, -0.25) is 9.36 Å². The molecule has 1 heterocycles. The molecule has 104 valence electrons. The van der Waals surface area contributed by atoms with Crippen molar-refractivity contribution in [3.8, 4) is 0 Å². The molecule has 0 amide bonds. The third kappa shape index (κ3) is 3.10. The molecule has 0 atom stereocenters. The maximum Gasteiger partial charge on any atom is 0.254 e. The Morgan fingerprint density at radius 1 is 1.25 bits per heavy atom. The number of aromatic nitrogens is 2. The fourth-order valence-electron chi connectivity index (χ4n) is 2.46. The van der Waals surface area contributed by atoms with Gasteiger partial charge in [0, 0.05) is 18.5 Å². The first-order chi connectivity index (χ1) is 9.74. The molecule has 0 spiro atoms. The predicted octanol–water partition coefficient (Wildman–Crippen LogP) is 3.41. The van der Waals surface area contributed by atoms with Crippen LogP contribution in [0.1, 0.15) is 36.6 Å². The van der Waals surface area contributed by atoms with Gasteiger partial charge < -0.3 is 0 Å². The van der Waals surface area contributed by atoms with Gasteiger partial charge in [0.1, 0.15) is 11.0 Å². The van der Waals surface area contributed by atoms with Crippen LogP contribution in [0, 0.1) is 0 Å². The van der Waals surface area contributed by atoms with E-state index in [1.807, 2.05) is 18.2 Å². The second-order valence-corrected chi connectivity index (χ2v) is 5.68. The summed E-state index contributed by atoms with van der Waals surface area (Å²) >= 11 is 5.90. The molecule has 0 unspecified atom stereocenters. The molecule has 1 aromatic carbocycles. The van der Waals surface area contributed by atoms with Gasteiger partial charge in [0.2, 0.25) is 0 Å². The SMILES string of the molecule is O=c1cc(Cl)nc(C2CC2)n1CCCc1ccccc1. The summed E-state index contributed by atoms with van der Waals surface area (Å²) in [5, 5.41) is 0.316. The van der Waals surface area contributed by atoms with E-state index in [2.05, 4.69) is 17.1 Å². The summed E-state index contributed by atoms with van der Waals surface area (Å²) in [4.78, 5) is 16.4. The van der Waals surface area contributed by atoms with Crippen molar-refractivity contribution in [2.45, 2.75) is 38.1 Å². The molecular formula is C16H17ClN2O. The van der Waals surface area contributed by atoms with Crippen molar-refractivity contribution < 1.29 is 0 Å². The zero-order valence-electron chi connectivity index (χ0n) is 11.3. The van der Waals surface area contributed by atoms with E-state index >= 15 is 0 Å². The molecule has 1 fully saturated rings. The van der Waals surface area contributed by atoms with E-state index < -0.39 is 0 Å². The number of benzene rings is 1. The van der Waals surface area contributed by atoms with E-state index in [4.69, 9.17) is 11.6 Å². The number of rotatable bonds is 5. The van der Waals surface area contributed by atoms with Gasteiger partial charge in [-0.15, -0.1) is 0 Å². The van der Waals surface area contributed by atoms with Crippen molar-refractivity contribution in [3.63, 3.8) is 0 Å². The van der Waals surface area contributed by atoms with E-state index in [0.717, 1.165) is 31.5 Å². The number of hydrogen-bond donors (Lipinski definition) is 0. The minimum absolute atomic E-state index is 0.0278. The van der Waals surface area contributed by atoms with E-state index in [-0.39, 0.29) is 5.56 Å². The van der Waals surface area contributed by atoms with Crippen molar-refractivity contribution in [1.82, 2.24) is 9.55 Å². The van der Waals surface area contributed by atoms with Gasteiger partial charge in [-0.05, 0) is 31.2 Å². The van der Waals surface area contributed by atoms with Crippen LogP contribution < -0.4 is 5.56 Å². The molecule has 0 radical (unpaired) electrons. The van der Waals surface area contributed by atoms with Gasteiger partial charge in [0.05, 0.1) is 0 Å². The largest absolute Gasteiger partial charge is 0.296 e. The summed E-state index contributed by atoms with van der Waals surface area (Å²) in [6.07, 6.45) is 4.14. The molecule has 1 saturated carbocycles. The Kier molecular flexibility index (Phi) is 3.88. The highest BCUT2D eigenvalue weighted by Gasteiger charge is 2.28. The molecule has 1 aromatic heterocycles. The van der Waals surface area contributed by atoms with Gasteiger partial charge in [-0.1, -0.05) is 41.9 Å². The van der Waals surface area contributed by atoms with Crippen LogP contribution in [0.25, 0.3) is 0 Å². The smallest absolute Gasteiger partial charge is 0.254 e. The Morgan fingerprint density at radius 3 is 2.70 bits per heavy atom. The number of halogens is 1. The summed E-state index contributed by atoms with van der Waals surface area (Å²) in [6, 6.07) is 11.7. The first-order valence-electron chi connectivity index (χ1n) is 7.05. The summed E-state index contributed by atoms with van der Waals surface area (Å²) in [5.74, 6) is 1.30. The van der Waals surface area contributed by atoms with Crippen molar-refractivity contribution in [2.24, 2.45) is 0 Å². The van der Waals surface area contributed by atoms with E-state index in [0.29, 0.717) is 17.6 Å². The first kappa shape index (κ1) is 13.4. The zero-order valence-corrected chi connectivity index (χ0v) is 12.0. The lowest BCUT2D eigenvalue weighted by Gasteiger charge is -2.11. The molecule has 20 heavy (non-hydrogen) atoms. The predicted molar refractivity (Wildman–Crippen MR) is 80.2 cm³/mol. The van der Waals surface area contributed by atoms with Crippen LogP contribution in [0.15, 0.2) is 41.2 Å². The lowest BCUT2D eigenvalue weighted by molar-refractivity contribution is 0.577. The van der Waals surface area contributed by atoms with Crippen LogP contribution in [0.3, 0.4) is 0 Å². The summed E-state index contributed by atoms with van der Waals surface area (Å²) in [7, 11) is 0. The Bertz CT molecular complexity index is 647. The van der Waals surface area contributed by atoms with Crippen LogP contribution in [0.4, 0.5) is 0 Å².